The maximum Gasteiger partial charge on any atom is 0.0414 e. The van der Waals surface area contributed by atoms with Gasteiger partial charge in [0.05, 0.1) is 0 Å². The molecule has 0 fully saturated rings. The van der Waals surface area contributed by atoms with Crippen molar-refractivity contribution in [2.24, 2.45) is 5.73 Å². The summed E-state index contributed by atoms with van der Waals surface area (Å²) >= 11 is 0. The largest absolute Gasteiger partial charge is 0.550 e. The number of hydrogen-bond acceptors (Lipinski definition) is 3. The number of nitrogens with two attached hydrogens (primary N) is 1. The number of halogens is 1. The molecule has 0 spiro atoms. The van der Waals surface area contributed by atoms with Crippen molar-refractivity contribution in [3.05, 3.63) is 0 Å². The highest BCUT2D eigenvalue weighted by molar-refractivity contribution is 5.85. The van der Waals surface area contributed by atoms with Gasteiger partial charge >= 0.3 is 0 Å². The summed E-state index contributed by atoms with van der Waals surface area (Å²) in [6.45, 7) is 1.92. The van der Waals surface area contributed by atoms with Crippen molar-refractivity contribution in [1.29, 1.82) is 0 Å². The lowest BCUT2D eigenvalue weighted by atomic mass is 10.1. The Labute approximate surface area is 73.4 Å². The van der Waals surface area contributed by atoms with Crippen molar-refractivity contribution in [1.82, 2.24) is 0 Å². The molecule has 2 N–H and O–H groups in total. The third-order valence-electron chi connectivity index (χ3n) is 1.29. The van der Waals surface area contributed by atoms with E-state index in [-0.39, 0.29) is 24.9 Å². The monoisotopic (exact) mass is 180 g/mol. The number of hydrogen-bond donors (Lipinski definition) is 1. The zero-order valence-electron chi connectivity index (χ0n) is 6.71. The SMILES string of the molecule is CC(N)CCCCC(=O)[O-].Cl. The van der Waals surface area contributed by atoms with Gasteiger partial charge in [-0.3, -0.25) is 0 Å². The summed E-state index contributed by atoms with van der Waals surface area (Å²) in [5, 5.41) is 9.90. The molecule has 1 atom stereocenters. The normalized spacial score (nSPS) is 11.8. The van der Waals surface area contributed by atoms with Crippen molar-refractivity contribution >= 4 is 18.4 Å². The molecule has 0 aliphatic carbocycles. The smallest absolute Gasteiger partial charge is 0.0414 e. The molecule has 0 aromatic carbocycles. The quantitative estimate of drug-likeness (QED) is 0.609. The summed E-state index contributed by atoms with van der Waals surface area (Å²) in [4.78, 5) is 9.90. The molecule has 1 unspecified atom stereocenters. The summed E-state index contributed by atoms with van der Waals surface area (Å²) in [6.07, 6.45) is 2.62. The summed E-state index contributed by atoms with van der Waals surface area (Å²) in [7, 11) is 0. The van der Waals surface area contributed by atoms with Crippen LogP contribution in [0.15, 0.2) is 0 Å². The first-order valence-electron chi connectivity index (χ1n) is 3.58. The zero-order valence-corrected chi connectivity index (χ0v) is 7.52. The van der Waals surface area contributed by atoms with Crippen LogP contribution >= 0.6 is 12.4 Å². The molecule has 0 saturated carbocycles. The van der Waals surface area contributed by atoms with E-state index in [1.165, 1.54) is 0 Å². The fourth-order valence-electron chi connectivity index (χ4n) is 0.736. The van der Waals surface area contributed by atoms with Gasteiger partial charge < -0.3 is 15.6 Å². The van der Waals surface area contributed by atoms with Crippen molar-refractivity contribution in [3.63, 3.8) is 0 Å². The van der Waals surface area contributed by atoms with Crippen LogP contribution in [0.25, 0.3) is 0 Å². The first-order chi connectivity index (χ1) is 4.63. The molecule has 0 radical (unpaired) electrons. The van der Waals surface area contributed by atoms with Gasteiger partial charge in [0.15, 0.2) is 0 Å². The van der Waals surface area contributed by atoms with Gasteiger partial charge in [-0.2, -0.15) is 0 Å². The maximum absolute atomic E-state index is 9.90. The number of carbonyl (C=O) groups is 1. The molecule has 0 rings (SSSR count). The predicted molar refractivity (Wildman–Crippen MR) is 44.4 cm³/mol. The second-order valence-electron chi connectivity index (χ2n) is 2.60. The van der Waals surface area contributed by atoms with Crippen LogP contribution < -0.4 is 10.8 Å². The number of carboxylic acid groups (broad SMARTS) is 1. The van der Waals surface area contributed by atoms with E-state index in [0.29, 0.717) is 6.42 Å². The van der Waals surface area contributed by atoms with Gasteiger partial charge in [-0.15, -0.1) is 12.4 Å². The lowest BCUT2D eigenvalue weighted by Gasteiger charge is -2.04. The molecule has 0 amide bonds. The molecule has 0 bridgehead atoms. The molecule has 0 saturated heterocycles. The van der Waals surface area contributed by atoms with E-state index in [1.807, 2.05) is 6.92 Å². The Morgan fingerprint density at radius 2 is 2.09 bits per heavy atom. The van der Waals surface area contributed by atoms with E-state index in [1.54, 1.807) is 0 Å². The van der Waals surface area contributed by atoms with Crippen LogP contribution in [0.1, 0.15) is 32.6 Å². The lowest BCUT2D eigenvalue weighted by Crippen LogP contribution is -2.22. The Balaban J connectivity index is 0. The number of carbonyl (C=O) groups excluding carboxylic acids is 1. The fourth-order valence-corrected chi connectivity index (χ4v) is 0.736. The Kier molecular flexibility index (Phi) is 9.47. The molecule has 4 heteroatoms. The van der Waals surface area contributed by atoms with Gasteiger partial charge in [0, 0.05) is 12.0 Å². The molecule has 3 nitrogen and oxygen atoms in total. The number of rotatable bonds is 5. The van der Waals surface area contributed by atoms with E-state index in [0.717, 1.165) is 12.8 Å². The first kappa shape index (κ1) is 13.3. The zero-order chi connectivity index (χ0) is 7.98. The lowest BCUT2D eigenvalue weighted by molar-refractivity contribution is -0.305. The molecule has 0 aliphatic rings. The second-order valence-corrected chi connectivity index (χ2v) is 2.60. The summed E-state index contributed by atoms with van der Waals surface area (Å²) in [6, 6.07) is 0.182. The Morgan fingerprint density at radius 3 is 2.45 bits per heavy atom. The van der Waals surface area contributed by atoms with Gasteiger partial charge in [-0.05, 0) is 26.2 Å². The molecule has 0 heterocycles. The molecule has 11 heavy (non-hydrogen) atoms. The van der Waals surface area contributed by atoms with Gasteiger partial charge in [0.2, 0.25) is 0 Å². The molecular formula is C7H15ClNO2-. The highest BCUT2D eigenvalue weighted by atomic mass is 35.5. The van der Waals surface area contributed by atoms with Crippen molar-refractivity contribution in [2.75, 3.05) is 0 Å². The van der Waals surface area contributed by atoms with E-state index in [4.69, 9.17) is 5.73 Å². The van der Waals surface area contributed by atoms with E-state index >= 15 is 0 Å². The number of unbranched alkanes of at least 4 members (excludes halogenated alkanes) is 1. The van der Waals surface area contributed by atoms with Crippen LogP contribution in [0.5, 0.6) is 0 Å². The van der Waals surface area contributed by atoms with Crippen LogP contribution in [0.4, 0.5) is 0 Å². The van der Waals surface area contributed by atoms with Crippen molar-refractivity contribution in [2.45, 2.75) is 38.6 Å². The Bertz CT molecular complexity index is 107. The van der Waals surface area contributed by atoms with E-state index in [2.05, 4.69) is 0 Å². The standard InChI is InChI=1S/C7H15NO2.ClH/c1-6(8)4-2-3-5-7(9)10;/h6H,2-5,8H2,1H3,(H,9,10);1H/p-1. The van der Waals surface area contributed by atoms with E-state index in [9.17, 15) is 9.90 Å². The molecule has 0 aromatic heterocycles. The number of aliphatic carboxylic acids is 1. The van der Waals surface area contributed by atoms with Crippen LogP contribution in [-0.2, 0) is 4.79 Å². The topological polar surface area (TPSA) is 66.2 Å². The van der Waals surface area contributed by atoms with Crippen molar-refractivity contribution in [3.8, 4) is 0 Å². The molecular weight excluding hydrogens is 166 g/mol. The van der Waals surface area contributed by atoms with Gasteiger partial charge in [-0.1, -0.05) is 6.42 Å². The average Bonchev–Trinajstić information content (AvgIpc) is 1.79. The minimum absolute atomic E-state index is 0. The second kappa shape index (κ2) is 7.82. The predicted octanol–water partition coefficient (Wildman–Crippen LogP) is 0.0657. The van der Waals surface area contributed by atoms with Gasteiger partial charge in [-0.25, -0.2) is 0 Å². The van der Waals surface area contributed by atoms with Gasteiger partial charge in [0.25, 0.3) is 0 Å². The average molecular weight is 181 g/mol. The molecule has 0 aliphatic heterocycles. The number of carboxylic acids is 1. The highest BCUT2D eigenvalue weighted by Crippen LogP contribution is 2.00. The van der Waals surface area contributed by atoms with Gasteiger partial charge in [0.1, 0.15) is 0 Å². The summed E-state index contributed by atoms with van der Waals surface area (Å²) in [5.74, 6) is -0.968. The van der Waals surface area contributed by atoms with Crippen LogP contribution in [0, 0.1) is 0 Å². The summed E-state index contributed by atoms with van der Waals surface area (Å²) in [5.41, 5.74) is 5.45. The van der Waals surface area contributed by atoms with Crippen LogP contribution in [-0.4, -0.2) is 12.0 Å². The van der Waals surface area contributed by atoms with Crippen LogP contribution in [0.2, 0.25) is 0 Å². The minimum Gasteiger partial charge on any atom is -0.550 e. The third-order valence-corrected chi connectivity index (χ3v) is 1.29. The maximum atomic E-state index is 9.90. The fraction of sp³-hybridized carbons (Fsp3) is 0.857. The minimum atomic E-state index is -0.968. The summed E-state index contributed by atoms with van der Waals surface area (Å²) < 4.78 is 0. The third kappa shape index (κ3) is 12.8. The molecule has 68 valence electrons. The van der Waals surface area contributed by atoms with Crippen molar-refractivity contribution < 1.29 is 9.90 Å². The highest BCUT2D eigenvalue weighted by Gasteiger charge is 1.93. The Morgan fingerprint density at radius 1 is 1.55 bits per heavy atom. The van der Waals surface area contributed by atoms with E-state index < -0.39 is 5.97 Å². The molecule has 0 aromatic rings. The Hall–Kier alpha value is -0.280. The first-order valence-corrected chi connectivity index (χ1v) is 3.58. The van der Waals surface area contributed by atoms with Crippen LogP contribution in [0.3, 0.4) is 0 Å².